The topological polar surface area (TPSA) is 55.1 Å². The molecule has 1 aromatic carbocycles. The second-order valence-electron chi connectivity index (χ2n) is 5.02. The molecule has 0 saturated heterocycles. The van der Waals surface area contributed by atoms with E-state index in [9.17, 15) is 4.79 Å². The van der Waals surface area contributed by atoms with Crippen LogP contribution < -0.4 is 11.1 Å². The van der Waals surface area contributed by atoms with Crippen LogP contribution >= 0.6 is 0 Å². The molecule has 0 fully saturated rings. The van der Waals surface area contributed by atoms with Crippen molar-refractivity contribution in [3.63, 3.8) is 0 Å². The quantitative estimate of drug-likeness (QED) is 0.812. The fourth-order valence-corrected chi connectivity index (χ4v) is 1.74. The summed E-state index contributed by atoms with van der Waals surface area (Å²) in [6, 6.07) is 8.09. The molecular weight excluding hydrogens is 224 g/mol. The first-order valence-electron chi connectivity index (χ1n) is 6.66. The van der Waals surface area contributed by atoms with Gasteiger partial charge in [0.15, 0.2) is 0 Å². The van der Waals surface area contributed by atoms with Crippen LogP contribution in [0.5, 0.6) is 0 Å². The Bertz CT molecular complexity index is 373. The Morgan fingerprint density at radius 2 is 1.89 bits per heavy atom. The number of hydrogen-bond donors (Lipinski definition) is 2. The number of benzene rings is 1. The van der Waals surface area contributed by atoms with Gasteiger partial charge in [-0.15, -0.1) is 0 Å². The Morgan fingerprint density at radius 1 is 1.28 bits per heavy atom. The average Bonchev–Trinajstić information content (AvgIpc) is 2.38. The van der Waals surface area contributed by atoms with Crippen molar-refractivity contribution < 1.29 is 4.79 Å². The van der Waals surface area contributed by atoms with E-state index in [4.69, 9.17) is 5.73 Å². The second-order valence-corrected chi connectivity index (χ2v) is 5.02. The molecule has 1 rings (SSSR count). The van der Waals surface area contributed by atoms with Crippen molar-refractivity contribution in [2.45, 2.75) is 39.5 Å². The van der Waals surface area contributed by atoms with Crippen molar-refractivity contribution >= 4 is 11.6 Å². The summed E-state index contributed by atoms with van der Waals surface area (Å²) < 4.78 is 0. The Labute approximate surface area is 110 Å². The van der Waals surface area contributed by atoms with E-state index < -0.39 is 0 Å². The minimum atomic E-state index is 0.0317. The summed E-state index contributed by atoms with van der Waals surface area (Å²) in [7, 11) is 0. The first-order chi connectivity index (χ1) is 8.56. The third-order valence-electron chi connectivity index (χ3n) is 3.31. The molecule has 0 radical (unpaired) electrons. The zero-order valence-corrected chi connectivity index (χ0v) is 11.6. The van der Waals surface area contributed by atoms with Gasteiger partial charge in [-0.1, -0.05) is 32.9 Å². The van der Waals surface area contributed by atoms with Gasteiger partial charge < -0.3 is 11.1 Å². The van der Waals surface area contributed by atoms with Gasteiger partial charge in [-0.3, -0.25) is 4.79 Å². The number of hydrogen-bond acceptors (Lipinski definition) is 2. The number of anilines is 1. The number of carbonyl (C=O) groups is 1. The second kappa shape index (κ2) is 7.17. The van der Waals surface area contributed by atoms with E-state index in [0.717, 1.165) is 12.1 Å². The number of nitrogens with two attached hydrogens (primary N) is 1. The standard InChI is InChI=1S/C15H24N2O/c1-4-12(3)13-5-7-14(8-6-13)17-15(18)9-11(2)10-16/h5-8,11-12H,4,9-10,16H2,1-3H3,(H,17,18). The van der Waals surface area contributed by atoms with Gasteiger partial charge in [0.25, 0.3) is 0 Å². The van der Waals surface area contributed by atoms with Crippen LogP contribution in [0.15, 0.2) is 24.3 Å². The summed E-state index contributed by atoms with van der Waals surface area (Å²) in [6.07, 6.45) is 1.60. The van der Waals surface area contributed by atoms with E-state index >= 15 is 0 Å². The maximum Gasteiger partial charge on any atom is 0.224 e. The Morgan fingerprint density at radius 3 is 2.39 bits per heavy atom. The highest BCUT2D eigenvalue weighted by atomic mass is 16.1. The monoisotopic (exact) mass is 248 g/mol. The SMILES string of the molecule is CCC(C)c1ccc(NC(=O)CC(C)CN)cc1. The van der Waals surface area contributed by atoms with Crippen LogP contribution in [0.1, 0.15) is 45.1 Å². The van der Waals surface area contributed by atoms with Crippen molar-refractivity contribution in [2.75, 3.05) is 11.9 Å². The van der Waals surface area contributed by atoms with Crippen LogP contribution in [0, 0.1) is 5.92 Å². The number of carbonyl (C=O) groups excluding carboxylic acids is 1. The fourth-order valence-electron chi connectivity index (χ4n) is 1.74. The molecule has 0 aliphatic carbocycles. The molecule has 1 amide bonds. The van der Waals surface area contributed by atoms with Crippen molar-refractivity contribution in [2.24, 2.45) is 11.7 Å². The molecule has 0 aromatic heterocycles. The lowest BCUT2D eigenvalue weighted by atomic mass is 9.98. The molecule has 0 heterocycles. The van der Waals surface area contributed by atoms with E-state index in [1.54, 1.807) is 0 Å². The molecule has 0 spiro atoms. The smallest absolute Gasteiger partial charge is 0.224 e. The van der Waals surface area contributed by atoms with Crippen molar-refractivity contribution in [3.05, 3.63) is 29.8 Å². The molecule has 1 aromatic rings. The molecule has 18 heavy (non-hydrogen) atoms. The van der Waals surface area contributed by atoms with E-state index in [2.05, 4.69) is 31.3 Å². The molecule has 100 valence electrons. The van der Waals surface area contributed by atoms with E-state index in [1.165, 1.54) is 5.56 Å². The number of rotatable bonds is 6. The van der Waals surface area contributed by atoms with Gasteiger partial charge in [0, 0.05) is 12.1 Å². The third kappa shape index (κ3) is 4.49. The maximum absolute atomic E-state index is 11.7. The van der Waals surface area contributed by atoms with Crippen molar-refractivity contribution in [3.8, 4) is 0 Å². The molecule has 0 aliphatic rings. The van der Waals surface area contributed by atoms with Gasteiger partial charge in [-0.2, -0.15) is 0 Å². The summed E-state index contributed by atoms with van der Waals surface area (Å²) in [4.78, 5) is 11.7. The van der Waals surface area contributed by atoms with Crippen LogP contribution in [0.4, 0.5) is 5.69 Å². The summed E-state index contributed by atoms with van der Waals surface area (Å²) in [6.45, 7) is 6.90. The van der Waals surface area contributed by atoms with Crippen LogP contribution in [0.25, 0.3) is 0 Å². The summed E-state index contributed by atoms with van der Waals surface area (Å²) in [5.74, 6) is 0.820. The average molecular weight is 248 g/mol. The van der Waals surface area contributed by atoms with Gasteiger partial charge >= 0.3 is 0 Å². The Kier molecular flexibility index (Phi) is 5.86. The minimum Gasteiger partial charge on any atom is -0.330 e. The highest BCUT2D eigenvalue weighted by molar-refractivity contribution is 5.90. The Hall–Kier alpha value is -1.35. The summed E-state index contributed by atoms with van der Waals surface area (Å²) >= 11 is 0. The lowest BCUT2D eigenvalue weighted by Crippen LogP contribution is -2.20. The van der Waals surface area contributed by atoms with Gasteiger partial charge in [-0.25, -0.2) is 0 Å². The van der Waals surface area contributed by atoms with Gasteiger partial charge in [0.05, 0.1) is 0 Å². The van der Waals surface area contributed by atoms with E-state index in [-0.39, 0.29) is 11.8 Å². The zero-order chi connectivity index (χ0) is 13.5. The number of nitrogens with one attached hydrogen (secondary N) is 1. The highest BCUT2D eigenvalue weighted by Crippen LogP contribution is 2.20. The van der Waals surface area contributed by atoms with Crippen LogP contribution in [-0.4, -0.2) is 12.5 Å². The molecule has 0 saturated carbocycles. The van der Waals surface area contributed by atoms with E-state index in [0.29, 0.717) is 18.9 Å². The lowest BCUT2D eigenvalue weighted by molar-refractivity contribution is -0.116. The van der Waals surface area contributed by atoms with Crippen molar-refractivity contribution in [1.29, 1.82) is 0 Å². The molecule has 3 nitrogen and oxygen atoms in total. The van der Waals surface area contributed by atoms with Gasteiger partial charge in [-0.05, 0) is 42.5 Å². The van der Waals surface area contributed by atoms with Crippen LogP contribution in [0.3, 0.4) is 0 Å². The predicted molar refractivity (Wildman–Crippen MR) is 76.6 cm³/mol. The predicted octanol–water partition coefficient (Wildman–Crippen LogP) is 3.12. The van der Waals surface area contributed by atoms with Crippen molar-refractivity contribution in [1.82, 2.24) is 0 Å². The minimum absolute atomic E-state index is 0.0317. The number of amides is 1. The van der Waals surface area contributed by atoms with Crippen LogP contribution in [0.2, 0.25) is 0 Å². The normalized spacial score (nSPS) is 14.0. The molecule has 0 aliphatic heterocycles. The molecular formula is C15H24N2O. The Balaban J connectivity index is 2.55. The zero-order valence-electron chi connectivity index (χ0n) is 11.6. The first kappa shape index (κ1) is 14.7. The summed E-state index contributed by atoms with van der Waals surface area (Å²) in [5, 5.41) is 2.90. The highest BCUT2D eigenvalue weighted by Gasteiger charge is 2.08. The molecule has 2 unspecified atom stereocenters. The first-order valence-corrected chi connectivity index (χ1v) is 6.66. The van der Waals surface area contributed by atoms with E-state index in [1.807, 2.05) is 19.1 Å². The van der Waals surface area contributed by atoms with Crippen LogP contribution in [-0.2, 0) is 4.79 Å². The summed E-state index contributed by atoms with van der Waals surface area (Å²) in [5.41, 5.74) is 7.67. The largest absolute Gasteiger partial charge is 0.330 e. The van der Waals surface area contributed by atoms with Gasteiger partial charge in [0.1, 0.15) is 0 Å². The van der Waals surface area contributed by atoms with Gasteiger partial charge in [0.2, 0.25) is 5.91 Å². The lowest BCUT2D eigenvalue weighted by Gasteiger charge is -2.11. The fraction of sp³-hybridized carbons (Fsp3) is 0.533. The molecule has 3 heteroatoms. The third-order valence-corrected chi connectivity index (χ3v) is 3.31. The molecule has 2 atom stereocenters. The molecule has 0 bridgehead atoms. The maximum atomic E-state index is 11.7. The molecule has 3 N–H and O–H groups in total.